The van der Waals surface area contributed by atoms with E-state index in [9.17, 15) is 9.59 Å². The topological polar surface area (TPSA) is 88.5 Å². The van der Waals surface area contributed by atoms with Crippen molar-refractivity contribution in [2.24, 2.45) is 11.0 Å². The number of hydrogen-bond donors (Lipinski definition) is 0. The molecule has 1 aliphatic heterocycles. The maximum absolute atomic E-state index is 13.2. The van der Waals surface area contributed by atoms with Crippen LogP contribution in [0.15, 0.2) is 50.7 Å². The highest BCUT2D eigenvalue weighted by Gasteiger charge is 2.37. The summed E-state index contributed by atoms with van der Waals surface area (Å²) < 4.78 is 16.1. The third kappa shape index (κ3) is 4.76. The van der Waals surface area contributed by atoms with E-state index in [-0.39, 0.29) is 31.0 Å². The summed E-state index contributed by atoms with van der Waals surface area (Å²) in [7, 11) is 0. The van der Waals surface area contributed by atoms with Gasteiger partial charge in [-0.25, -0.2) is 5.01 Å². The molecule has 1 atom stereocenters. The summed E-state index contributed by atoms with van der Waals surface area (Å²) in [6.07, 6.45) is 5.94. The standard InChI is InChI=1S/C21H25N3O5/c1-2-27-21(26)14-23(12-15-7-8-15)13-20(25)24-17(19-6-4-10-29-19)11-16(22-24)18-5-3-9-28-18/h3-6,9-10,15,17H,2,7-8,11-14H2,1H3. The number of esters is 1. The van der Waals surface area contributed by atoms with E-state index < -0.39 is 0 Å². The Morgan fingerprint density at radius 1 is 1.21 bits per heavy atom. The molecule has 0 radical (unpaired) electrons. The molecule has 2 aromatic heterocycles. The Bertz CT molecular complexity index is 855. The van der Waals surface area contributed by atoms with E-state index >= 15 is 0 Å². The Labute approximate surface area is 169 Å². The van der Waals surface area contributed by atoms with E-state index in [4.69, 9.17) is 13.6 Å². The summed E-state index contributed by atoms with van der Waals surface area (Å²) in [5.41, 5.74) is 0.698. The molecule has 0 spiro atoms. The number of carbonyl (C=O) groups is 2. The second kappa shape index (κ2) is 8.65. The van der Waals surface area contributed by atoms with Gasteiger partial charge >= 0.3 is 5.97 Å². The third-order valence-electron chi connectivity index (χ3n) is 5.07. The molecule has 1 saturated carbocycles. The lowest BCUT2D eigenvalue weighted by molar-refractivity contribution is -0.145. The predicted molar refractivity (Wildman–Crippen MR) is 104 cm³/mol. The van der Waals surface area contributed by atoms with Crippen molar-refractivity contribution in [3.8, 4) is 0 Å². The number of nitrogens with zero attached hydrogens (tertiary/aromatic N) is 3. The Balaban J connectivity index is 1.50. The zero-order valence-electron chi connectivity index (χ0n) is 16.5. The predicted octanol–water partition coefficient (Wildman–Crippen LogP) is 2.83. The van der Waals surface area contributed by atoms with Crippen molar-refractivity contribution in [1.82, 2.24) is 9.91 Å². The van der Waals surface area contributed by atoms with Crippen molar-refractivity contribution in [3.63, 3.8) is 0 Å². The third-order valence-corrected chi connectivity index (χ3v) is 5.07. The van der Waals surface area contributed by atoms with Crippen LogP contribution in [0.5, 0.6) is 0 Å². The van der Waals surface area contributed by atoms with Gasteiger partial charge in [-0.15, -0.1) is 0 Å². The highest BCUT2D eigenvalue weighted by Crippen LogP contribution is 2.34. The number of ether oxygens (including phenoxy) is 1. The minimum Gasteiger partial charge on any atom is -0.467 e. The van der Waals surface area contributed by atoms with Crippen LogP contribution in [0.3, 0.4) is 0 Å². The largest absolute Gasteiger partial charge is 0.467 e. The Morgan fingerprint density at radius 3 is 2.66 bits per heavy atom. The lowest BCUT2D eigenvalue weighted by Crippen LogP contribution is -2.41. The second-order valence-electron chi connectivity index (χ2n) is 7.42. The molecule has 8 nitrogen and oxygen atoms in total. The van der Waals surface area contributed by atoms with Crippen LogP contribution in [0.25, 0.3) is 0 Å². The van der Waals surface area contributed by atoms with Crippen molar-refractivity contribution in [1.29, 1.82) is 0 Å². The summed E-state index contributed by atoms with van der Waals surface area (Å²) in [5.74, 6) is 1.35. The highest BCUT2D eigenvalue weighted by molar-refractivity contribution is 6.01. The quantitative estimate of drug-likeness (QED) is 0.603. The number of hydrogen-bond acceptors (Lipinski definition) is 7. The minimum absolute atomic E-state index is 0.0987. The lowest BCUT2D eigenvalue weighted by atomic mass is 10.1. The van der Waals surface area contributed by atoms with Crippen LogP contribution >= 0.6 is 0 Å². The van der Waals surface area contributed by atoms with Crippen LogP contribution in [0.4, 0.5) is 0 Å². The van der Waals surface area contributed by atoms with Gasteiger partial charge in [-0.05, 0) is 49.9 Å². The molecule has 0 aromatic carbocycles. The van der Waals surface area contributed by atoms with Gasteiger partial charge in [0.1, 0.15) is 23.3 Å². The SMILES string of the molecule is CCOC(=O)CN(CC(=O)N1N=C(c2ccco2)CC1c1ccco1)CC1CC1. The molecule has 8 heteroatoms. The van der Waals surface area contributed by atoms with Crippen LogP contribution < -0.4 is 0 Å². The Kier molecular flexibility index (Phi) is 5.80. The first-order valence-corrected chi connectivity index (χ1v) is 9.98. The number of rotatable bonds is 9. The van der Waals surface area contributed by atoms with Crippen LogP contribution in [0, 0.1) is 5.92 Å². The molecule has 1 aliphatic carbocycles. The molecular formula is C21H25N3O5. The van der Waals surface area contributed by atoms with Gasteiger partial charge in [-0.2, -0.15) is 5.10 Å². The van der Waals surface area contributed by atoms with Crippen LogP contribution in [-0.2, 0) is 14.3 Å². The molecule has 154 valence electrons. The molecule has 1 fully saturated rings. The van der Waals surface area contributed by atoms with Gasteiger partial charge in [0, 0.05) is 13.0 Å². The molecular weight excluding hydrogens is 374 g/mol. The fourth-order valence-corrected chi connectivity index (χ4v) is 3.54. The fraction of sp³-hybridized carbons (Fsp3) is 0.476. The molecule has 2 aromatic rings. The van der Waals surface area contributed by atoms with Crippen molar-refractivity contribution in [2.75, 3.05) is 26.2 Å². The normalized spacial score (nSPS) is 18.9. The molecule has 3 heterocycles. The summed E-state index contributed by atoms with van der Waals surface area (Å²) >= 11 is 0. The zero-order chi connectivity index (χ0) is 20.2. The molecule has 0 bridgehead atoms. The molecule has 4 rings (SSSR count). The van der Waals surface area contributed by atoms with Crippen molar-refractivity contribution in [3.05, 3.63) is 48.3 Å². The minimum atomic E-state index is -0.331. The molecule has 0 N–H and O–H groups in total. The number of hydrazone groups is 1. The Hall–Kier alpha value is -2.87. The van der Waals surface area contributed by atoms with Gasteiger partial charge in [0.05, 0.1) is 32.2 Å². The van der Waals surface area contributed by atoms with Crippen LogP contribution in [-0.4, -0.2) is 53.7 Å². The summed E-state index contributed by atoms with van der Waals surface area (Å²) in [5, 5.41) is 6.00. The first-order chi connectivity index (χ1) is 14.1. The first-order valence-electron chi connectivity index (χ1n) is 9.98. The van der Waals surface area contributed by atoms with E-state index in [1.807, 2.05) is 17.0 Å². The maximum Gasteiger partial charge on any atom is 0.320 e. The molecule has 2 aliphatic rings. The van der Waals surface area contributed by atoms with E-state index in [1.165, 1.54) is 5.01 Å². The van der Waals surface area contributed by atoms with Gasteiger partial charge < -0.3 is 13.6 Å². The van der Waals surface area contributed by atoms with Crippen molar-refractivity contribution in [2.45, 2.75) is 32.2 Å². The molecule has 29 heavy (non-hydrogen) atoms. The van der Waals surface area contributed by atoms with Crippen molar-refractivity contribution < 1.29 is 23.2 Å². The fourth-order valence-electron chi connectivity index (χ4n) is 3.54. The Morgan fingerprint density at radius 2 is 2.00 bits per heavy atom. The molecule has 1 unspecified atom stereocenters. The van der Waals surface area contributed by atoms with E-state index in [2.05, 4.69) is 5.10 Å². The average molecular weight is 399 g/mol. The molecule has 1 amide bonds. The average Bonchev–Trinajstić information content (AvgIpc) is 3.17. The second-order valence-corrected chi connectivity index (χ2v) is 7.42. The number of furan rings is 2. The van der Waals surface area contributed by atoms with E-state index in [1.54, 1.807) is 31.6 Å². The molecule has 0 saturated heterocycles. The number of amides is 1. The smallest absolute Gasteiger partial charge is 0.320 e. The van der Waals surface area contributed by atoms with Crippen molar-refractivity contribution >= 4 is 17.6 Å². The van der Waals surface area contributed by atoms with Gasteiger partial charge in [-0.3, -0.25) is 14.5 Å². The van der Waals surface area contributed by atoms with E-state index in [0.29, 0.717) is 42.7 Å². The maximum atomic E-state index is 13.2. The summed E-state index contributed by atoms with van der Waals surface area (Å²) in [6, 6.07) is 6.92. The van der Waals surface area contributed by atoms with Gasteiger partial charge in [0.2, 0.25) is 0 Å². The zero-order valence-corrected chi connectivity index (χ0v) is 16.5. The van der Waals surface area contributed by atoms with Crippen LogP contribution in [0.1, 0.15) is 43.7 Å². The highest BCUT2D eigenvalue weighted by atomic mass is 16.5. The van der Waals surface area contributed by atoms with Crippen LogP contribution in [0.2, 0.25) is 0 Å². The summed E-state index contributed by atoms with van der Waals surface area (Å²) in [4.78, 5) is 27.0. The monoisotopic (exact) mass is 399 g/mol. The number of carbonyl (C=O) groups excluding carboxylic acids is 2. The van der Waals surface area contributed by atoms with Gasteiger partial charge in [0.15, 0.2) is 0 Å². The van der Waals surface area contributed by atoms with E-state index in [0.717, 1.165) is 12.8 Å². The van der Waals surface area contributed by atoms with Gasteiger partial charge in [0.25, 0.3) is 5.91 Å². The summed E-state index contributed by atoms with van der Waals surface area (Å²) in [6.45, 7) is 3.01. The van der Waals surface area contributed by atoms with Gasteiger partial charge in [-0.1, -0.05) is 0 Å². The lowest BCUT2D eigenvalue weighted by Gasteiger charge is -2.25. The first kappa shape index (κ1) is 19.4.